The number of benzene rings is 1. The molecule has 2 aromatic rings. The van der Waals surface area contributed by atoms with Crippen LogP contribution in [0.3, 0.4) is 0 Å². The molecule has 4 heteroatoms. The molecule has 19 heavy (non-hydrogen) atoms. The molecule has 1 aromatic heterocycles. The molecule has 2 rings (SSSR count). The quantitative estimate of drug-likeness (QED) is 0.784. The van der Waals surface area contributed by atoms with Gasteiger partial charge in [-0.3, -0.25) is 4.98 Å². The first kappa shape index (κ1) is 13.6. The van der Waals surface area contributed by atoms with Gasteiger partial charge in [0, 0.05) is 24.2 Å². The number of pyridine rings is 1. The Morgan fingerprint density at radius 3 is 3.00 bits per heavy atom. The molecular formula is C15H20N2O2. The second-order valence-electron chi connectivity index (χ2n) is 4.67. The topological polar surface area (TPSA) is 54.4 Å². The van der Waals surface area contributed by atoms with Gasteiger partial charge in [-0.2, -0.15) is 0 Å². The van der Waals surface area contributed by atoms with E-state index in [-0.39, 0.29) is 6.10 Å². The number of aliphatic hydroxyl groups excluding tert-OH is 1. The smallest absolute Gasteiger partial charge is 0.121 e. The summed E-state index contributed by atoms with van der Waals surface area (Å²) in [5, 5.41) is 13.7. The molecule has 0 aliphatic carbocycles. The van der Waals surface area contributed by atoms with Gasteiger partial charge >= 0.3 is 0 Å². The van der Waals surface area contributed by atoms with Crippen molar-refractivity contribution in [3.05, 3.63) is 30.5 Å². The molecule has 0 bridgehead atoms. The van der Waals surface area contributed by atoms with E-state index in [1.165, 1.54) is 0 Å². The Kier molecular flexibility index (Phi) is 4.58. The number of rotatable bonds is 6. The van der Waals surface area contributed by atoms with Crippen molar-refractivity contribution in [2.24, 2.45) is 0 Å². The lowest BCUT2D eigenvalue weighted by Gasteiger charge is -2.11. The summed E-state index contributed by atoms with van der Waals surface area (Å²) in [7, 11) is 1.66. The average Bonchev–Trinajstić information content (AvgIpc) is 2.42. The van der Waals surface area contributed by atoms with Crippen LogP contribution in [0.5, 0.6) is 5.75 Å². The number of anilines is 1. The third-order valence-corrected chi connectivity index (χ3v) is 3.03. The summed E-state index contributed by atoms with van der Waals surface area (Å²) in [6.07, 6.45) is 3.25. The van der Waals surface area contributed by atoms with Crippen molar-refractivity contribution in [3.8, 4) is 5.75 Å². The molecule has 0 radical (unpaired) electrons. The van der Waals surface area contributed by atoms with Crippen LogP contribution >= 0.6 is 0 Å². The van der Waals surface area contributed by atoms with Crippen molar-refractivity contribution >= 4 is 16.6 Å². The van der Waals surface area contributed by atoms with Crippen LogP contribution < -0.4 is 10.1 Å². The molecule has 4 nitrogen and oxygen atoms in total. The van der Waals surface area contributed by atoms with E-state index in [0.29, 0.717) is 0 Å². The largest absolute Gasteiger partial charge is 0.497 e. The SMILES string of the molecule is COc1cc(NCCCC(C)O)c2ncccc2c1. The number of aromatic nitrogens is 1. The second kappa shape index (κ2) is 6.38. The second-order valence-corrected chi connectivity index (χ2v) is 4.67. The number of hydrogen-bond donors (Lipinski definition) is 2. The molecule has 0 spiro atoms. The molecule has 0 aliphatic heterocycles. The van der Waals surface area contributed by atoms with Crippen LogP contribution in [0.2, 0.25) is 0 Å². The van der Waals surface area contributed by atoms with E-state index < -0.39 is 0 Å². The standard InChI is InChI=1S/C15H20N2O2/c1-11(18)5-3-7-16-14-10-13(19-2)9-12-6-4-8-17-15(12)14/h4,6,8-11,16,18H,3,5,7H2,1-2H3. The van der Waals surface area contributed by atoms with Crippen molar-refractivity contribution in [1.29, 1.82) is 0 Å². The summed E-state index contributed by atoms with van der Waals surface area (Å²) in [5.41, 5.74) is 1.92. The zero-order chi connectivity index (χ0) is 13.7. The number of methoxy groups -OCH3 is 1. The maximum atomic E-state index is 9.24. The van der Waals surface area contributed by atoms with Gasteiger partial charge < -0.3 is 15.2 Å². The van der Waals surface area contributed by atoms with Gasteiger partial charge in [-0.05, 0) is 31.9 Å². The predicted octanol–water partition coefficient (Wildman–Crippen LogP) is 2.82. The number of hydrogen-bond acceptors (Lipinski definition) is 4. The third-order valence-electron chi connectivity index (χ3n) is 3.03. The summed E-state index contributed by atoms with van der Waals surface area (Å²) in [4.78, 5) is 4.40. The van der Waals surface area contributed by atoms with E-state index in [0.717, 1.165) is 41.7 Å². The van der Waals surface area contributed by atoms with Crippen molar-refractivity contribution in [2.75, 3.05) is 19.0 Å². The number of nitrogens with zero attached hydrogens (tertiary/aromatic N) is 1. The summed E-state index contributed by atoms with van der Waals surface area (Å²) in [5.74, 6) is 0.818. The molecular weight excluding hydrogens is 240 g/mol. The molecule has 1 unspecified atom stereocenters. The van der Waals surface area contributed by atoms with E-state index in [4.69, 9.17) is 4.74 Å². The van der Waals surface area contributed by atoms with Crippen molar-refractivity contribution in [3.63, 3.8) is 0 Å². The Hall–Kier alpha value is -1.81. The molecule has 1 atom stereocenters. The van der Waals surface area contributed by atoms with Crippen LogP contribution in [0.25, 0.3) is 10.9 Å². The van der Waals surface area contributed by atoms with E-state index in [1.54, 1.807) is 13.3 Å². The molecule has 0 saturated carbocycles. The summed E-state index contributed by atoms with van der Waals surface area (Å²) in [6, 6.07) is 7.87. The van der Waals surface area contributed by atoms with E-state index in [9.17, 15) is 5.11 Å². The van der Waals surface area contributed by atoms with Crippen molar-refractivity contribution in [2.45, 2.75) is 25.9 Å². The number of fused-ring (bicyclic) bond motifs is 1. The Morgan fingerprint density at radius 2 is 2.26 bits per heavy atom. The predicted molar refractivity (Wildman–Crippen MR) is 77.7 cm³/mol. The van der Waals surface area contributed by atoms with Gasteiger partial charge in [-0.25, -0.2) is 0 Å². The van der Waals surface area contributed by atoms with E-state index in [2.05, 4.69) is 10.3 Å². The first-order chi connectivity index (χ1) is 9.20. The van der Waals surface area contributed by atoms with Gasteiger partial charge in [0.1, 0.15) is 5.75 Å². The van der Waals surface area contributed by atoms with Gasteiger partial charge in [0.2, 0.25) is 0 Å². The molecule has 1 aromatic carbocycles. The average molecular weight is 260 g/mol. The van der Waals surface area contributed by atoms with Crippen molar-refractivity contribution in [1.82, 2.24) is 4.98 Å². The molecule has 102 valence electrons. The van der Waals surface area contributed by atoms with Crippen LogP contribution in [0.15, 0.2) is 30.5 Å². The first-order valence-corrected chi connectivity index (χ1v) is 6.55. The first-order valence-electron chi connectivity index (χ1n) is 6.55. The molecule has 0 fully saturated rings. The number of ether oxygens (including phenoxy) is 1. The normalized spacial score (nSPS) is 12.4. The molecule has 0 aliphatic rings. The van der Waals surface area contributed by atoms with Gasteiger partial charge in [-0.15, -0.1) is 0 Å². The van der Waals surface area contributed by atoms with Crippen molar-refractivity contribution < 1.29 is 9.84 Å². The maximum absolute atomic E-state index is 9.24. The zero-order valence-corrected chi connectivity index (χ0v) is 11.4. The molecule has 2 N–H and O–H groups in total. The van der Waals surface area contributed by atoms with Gasteiger partial charge in [0.05, 0.1) is 24.4 Å². The lowest BCUT2D eigenvalue weighted by atomic mass is 10.1. The lowest BCUT2D eigenvalue weighted by molar-refractivity contribution is 0.183. The van der Waals surface area contributed by atoms with Crippen LogP contribution in [0, 0.1) is 0 Å². The van der Waals surface area contributed by atoms with Crippen LogP contribution in [0.1, 0.15) is 19.8 Å². The van der Waals surface area contributed by atoms with Crippen LogP contribution in [-0.4, -0.2) is 29.8 Å². The van der Waals surface area contributed by atoms with Crippen LogP contribution in [-0.2, 0) is 0 Å². The minimum Gasteiger partial charge on any atom is -0.497 e. The number of nitrogens with one attached hydrogen (secondary N) is 1. The van der Waals surface area contributed by atoms with E-state index >= 15 is 0 Å². The summed E-state index contributed by atoms with van der Waals surface area (Å²) in [6.45, 7) is 2.62. The fourth-order valence-corrected chi connectivity index (χ4v) is 2.04. The van der Waals surface area contributed by atoms with Crippen LogP contribution in [0.4, 0.5) is 5.69 Å². The minimum atomic E-state index is -0.248. The van der Waals surface area contributed by atoms with E-state index in [1.807, 2.05) is 31.2 Å². The highest BCUT2D eigenvalue weighted by atomic mass is 16.5. The Bertz CT molecular complexity index is 541. The summed E-state index contributed by atoms with van der Waals surface area (Å²) < 4.78 is 5.30. The Balaban J connectivity index is 2.16. The fourth-order valence-electron chi connectivity index (χ4n) is 2.04. The lowest BCUT2D eigenvalue weighted by Crippen LogP contribution is -2.07. The molecule has 0 amide bonds. The van der Waals surface area contributed by atoms with Gasteiger partial charge in [0.25, 0.3) is 0 Å². The zero-order valence-electron chi connectivity index (χ0n) is 11.4. The van der Waals surface area contributed by atoms with Gasteiger partial charge in [0.15, 0.2) is 0 Å². The highest BCUT2D eigenvalue weighted by molar-refractivity contribution is 5.91. The summed E-state index contributed by atoms with van der Waals surface area (Å²) >= 11 is 0. The third kappa shape index (κ3) is 3.58. The molecule has 0 saturated heterocycles. The maximum Gasteiger partial charge on any atom is 0.121 e. The monoisotopic (exact) mass is 260 g/mol. The highest BCUT2D eigenvalue weighted by Crippen LogP contribution is 2.27. The molecule has 1 heterocycles. The highest BCUT2D eigenvalue weighted by Gasteiger charge is 2.05. The number of aliphatic hydroxyl groups is 1. The minimum absolute atomic E-state index is 0.248. The fraction of sp³-hybridized carbons (Fsp3) is 0.400. The Labute approximate surface area is 113 Å². The van der Waals surface area contributed by atoms with Gasteiger partial charge in [-0.1, -0.05) is 6.07 Å². The Morgan fingerprint density at radius 1 is 1.42 bits per heavy atom.